The fourth-order valence-electron chi connectivity index (χ4n) is 2.64. The van der Waals surface area contributed by atoms with Crippen LogP contribution in [0.5, 0.6) is 0 Å². The highest BCUT2D eigenvalue weighted by molar-refractivity contribution is 6.04. The average Bonchev–Trinajstić information content (AvgIpc) is 3.23. The van der Waals surface area contributed by atoms with Crippen LogP contribution in [-0.4, -0.2) is 34.8 Å². The van der Waals surface area contributed by atoms with Gasteiger partial charge in [0.2, 0.25) is 0 Å². The highest BCUT2D eigenvalue weighted by Crippen LogP contribution is 2.20. The zero-order valence-corrected chi connectivity index (χ0v) is 13.8. The van der Waals surface area contributed by atoms with E-state index in [-0.39, 0.29) is 18.0 Å². The van der Waals surface area contributed by atoms with Gasteiger partial charge in [-0.05, 0) is 37.6 Å². The molecule has 1 aliphatic rings. The van der Waals surface area contributed by atoms with Crippen LogP contribution in [0.25, 0.3) is 0 Å². The molecule has 7 heteroatoms. The van der Waals surface area contributed by atoms with Crippen LogP contribution in [-0.2, 0) is 0 Å². The van der Waals surface area contributed by atoms with Crippen LogP contribution in [0.4, 0.5) is 16.3 Å². The molecule has 1 saturated heterocycles. The van der Waals surface area contributed by atoms with Crippen molar-refractivity contribution in [1.82, 2.24) is 15.1 Å². The molecule has 0 aliphatic carbocycles. The molecule has 1 fully saturated rings. The molecule has 1 atom stereocenters. The second-order valence-corrected chi connectivity index (χ2v) is 5.80. The zero-order chi connectivity index (χ0) is 17.1. The molecule has 0 saturated carbocycles. The largest absolute Gasteiger partial charge is 0.336 e. The monoisotopic (exact) mass is 327 g/mol. The molecule has 1 aliphatic heterocycles. The molecule has 1 unspecified atom stereocenters. The van der Waals surface area contributed by atoms with Crippen LogP contribution in [0.15, 0.2) is 36.5 Å². The summed E-state index contributed by atoms with van der Waals surface area (Å²) in [6, 6.07) is 8.90. The number of nitrogens with one attached hydrogen (secondary N) is 2. The fourth-order valence-corrected chi connectivity index (χ4v) is 2.64. The minimum absolute atomic E-state index is 0.107. The second kappa shape index (κ2) is 6.74. The van der Waals surface area contributed by atoms with E-state index in [1.165, 1.54) is 0 Å². The maximum atomic E-state index is 12.4. The Hall–Kier alpha value is -2.83. The SMILES string of the molecule is CCC(C)n1nccc1NC(=O)c1ccc(N2CCNC2=O)cc1. The molecule has 1 aromatic heterocycles. The lowest BCUT2D eigenvalue weighted by Gasteiger charge is -2.15. The first kappa shape index (κ1) is 16.0. The number of hydrogen-bond donors (Lipinski definition) is 2. The van der Waals surface area contributed by atoms with Gasteiger partial charge in [0, 0.05) is 30.4 Å². The Balaban J connectivity index is 1.72. The molecular formula is C17H21N5O2. The van der Waals surface area contributed by atoms with E-state index in [9.17, 15) is 9.59 Å². The first-order valence-corrected chi connectivity index (χ1v) is 8.10. The van der Waals surface area contributed by atoms with E-state index < -0.39 is 0 Å². The molecule has 0 radical (unpaired) electrons. The van der Waals surface area contributed by atoms with E-state index in [1.807, 2.05) is 0 Å². The highest BCUT2D eigenvalue weighted by Gasteiger charge is 2.21. The van der Waals surface area contributed by atoms with Gasteiger partial charge >= 0.3 is 6.03 Å². The van der Waals surface area contributed by atoms with Crippen LogP contribution in [0.2, 0.25) is 0 Å². The summed E-state index contributed by atoms with van der Waals surface area (Å²) in [5, 5.41) is 9.90. The van der Waals surface area contributed by atoms with Crippen molar-refractivity contribution in [3.8, 4) is 0 Å². The Bertz CT molecular complexity index is 738. The number of aromatic nitrogens is 2. The lowest BCUT2D eigenvalue weighted by Crippen LogP contribution is -2.27. The number of urea groups is 1. The van der Waals surface area contributed by atoms with Crippen molar-refractivity contribution in [3.05, 3.63) is 42.1 Å². The molecule has 2 N–H and O–H groups in total. The van der Waals surface area contributed by atoms with E-state index >= 15 is 0 Å². The van der Waals surface area contributed by atoms with E-state index in [4.69, 9.17) is 0 Å². The molecule has 2 aromatic rings. The van der Waals surface area contributed by atoms with Crippen molar-refractivity contribution >= 4 is 23.4 Å². The maximum absolute atomic E-state index is 12.4. The summed E-state index contributed by atoms with van der Waals surface area (Å²) in [4.78, 5) is 25.7. The summed E-state index contributed by atoms with van der Waals surface area (Å²) < 4.78 is 1.81. The van der Waals surface area contributed by atoms with Crippen molar-refractivity contribution in [1.29, 1.82) is 0 Å². The summed E-state index contributed by atoms with van der Waals surface area (Å²) in [5.74, 6) is 0.481. The van der Waals surface area contributed by atoms with Crippen molar-refractivity contribution in [2.24, 2.45) is 0 Å². The number of benzene rings is 1. The zero-order valence-electron chi connectivity index (χ0n) is 13.8. The molecule has 7 nitrogen and oxygen atoms in total. The highest BCUT2D eigenvalue weighted by atomic mass is 16.2. The van der Waals surface area contributed by atoms with E-state index in [2.05, 4.69) is 29.6 Å². The predicted molar refractivity (Wildman–Crippen MR) is 92.4 cm³/mol. The Kier molecular flexibility index (Phi) is 4.50. The minimum atomic E-state index is -0.197. The lowest BCUT2D eigenvalue weighted by atomic mass is 10.2. The Morgan fingerprint density at radius 3 is 2.71 bits per heavy atom. The number of nitrogens with zero attached hydrogens (tertiary/aromatic N) is 3. The maximum Gasteiger partial charge on any atom is 0.321 e. The van der Waals surface area contributed by atoms with Gasteiger partial charge in [-0.1, -0.05) is 6.92 Å². The Morgan fingerprint density at radius 2 is 2.08 bits per heavy atom. The summed E-state index contributed by atoms with van der Waals surface area (Å²) in [5.41, 5.74) is 1.32. The van der Waals surface area contributed by atoms with Gasteiger partial charge in [0.1, 0.15) is 5.82 Å². The van der Waals surface area contributed by atoms with Gasteiger partial charge in [-0.3, -0.25) is 9.69 Å². The quantitative estimate of drug-likeness (QED) is 0.886. The van der Waals surface area contributed by atoms with Crippen molar-refractivity contribution in [2.75, 3.05) is 23.3 Å². The molecule has 24 heavy (non-hydrogen) atoms. The van der Waals surface area contributed by atoms with E-state index in [1.54, 1.807) is 46.1 Å². The van der Waals surface area contributed by atoms with Gasteiger partial charge in [0.15, 0.2) is 0 Å². The van der Waals surface area contributed by atoms with Crippen molar-refractivity contribution in [3.63, 3.8) is 0 Å². The number of anilines is 2. The summed E-state index contributed by atoms with van der Waals surface area (Å²) in [7, 11) is 0. The Morgan fingerprint density at radius 1 is 1.33 bits per heavy atom. The molecule has 0 bridgehead atoms. The number of carbonyl (C=O) groups excluding carboxylic acids is 2. The van der Waals surface area contributed by atoms with Crippen LogP contribution in [0.3, 0.4) is 0 Å². The van der Waals surface area contributed by atoms with Crippen LogP contribution >= 0.6 is 0 Å². The van der Waals surface area contributed by atoms with Gasteiger partial charge < -0.3 is 10.6 Å². The van der Waals surface area contributed by atoms with Gasteiger partial charge in [-0.25, -0.2) is 9.48 Å². The molecular weight excluding hydrogens is 306 g/mol. The number of amides is 3. The third kappa shape index (κ3) is 3.10. The normalized spacial score (nSPS) is 15.2. The van der Waals surface area contributed by atoms with E-state index in [0.717, 1.165) is 12.1 Å². The van der Waals surface area contributed by atoms with Gasteiger partial charge in [0.05, 0.1) is 12.2 Å². The summed E-state index contributed by atoms with van der Waals surface area (Å²) in [6.07, 6.45) is 2.61. The Labute approximate surface area is 140 Å². The van der Waals surface area contributed by atoms with Gasteiger partial charge in [-0.2, -0.15) is 5.10 Å². The number of hydrogen-bond acceptors (Lipinski definition) is 3. The summed E-state index contributed by atoms with van der Waals surface area (Å²) >= 11 is 0. The van der Waals surface area contributed by atoms with Crippen molar-refractivity contribution in [2.45, 2.75) is 26.3 Å². The predicted octanol–water partition coefficient (Wildman–Crippen LogP) is 2.64. The third-order valence-electron chi connectivity index (χ3n) is 4.22. The first-order chi connectivity index (χ1) is 11.6. The summed E-state index contributed by atoms with van der Waals surface area (Å²) in [6.45, 7) is 5.41. The van der Waals surface area contributed by atoms with Gasteiger partial charge in [0.25, 0.3) is 5.91 Å². The average molecular weight is 327 g/mol. The number of carbonyl (C=O) groups is 2. The smallest absolute Gasteiger partial charge is 0.321 e. The molecule has 1 aromatic carbocycles. The van der Waals surface area contributed by atoms with Crippen molar-refractivity contribution < 1.29 is 9.59 Å². The van der Waals surface area contributed by atoms with Crippen LogP contribution in [0.1, 0.15) is 36.7 Å². The molecule has 0 spiro atoms. The second-order valence-electron chi connectivity index (χ2n) is 5.80. The molecule has 3 amide bonds. The first-order valence-electron chi connectivity index (χ1n) is 8.10. The third-order valence-corrected chi connectivity index (χ3v) is 4.22. The topological polar surface area (TPSA) is 79.3 Å². The minimum Gasteiger partial charge on any atom is -0.336 e. The van der Waals surface area contributed by atoms with Crippen LogP contribution < -0.4 is 15.5 Å². The molecule has 2 heterocycles. The lowest BCUT2D eigenvalue weighted by molar-refractivity contribution is 0.102. The molecule has 3 rings (SSSR count). The molecule has 126 valence electrons. The fraction of sp³-hybridized carbons (Fsp3) is 0.353. The standard InChI is InChI=1S/C17H21N5O2/c1-3-12(2)22-15(8-9-19-22)20-16(23)13-4-6-14(7-5-13)21-11-10-18-17(21)24/h4-9,12H,3,10-11H2,1-2H3,(H,18,24)(H,20,23). The van der Waals surface area contributed by atoms with Gasteiger partial charge in [-0.15, -0.1) is 0 Å². The van der Waals surface area contributed by atoms with Crippen LogP contribution in [0, 0.1) is 0 Å². The van der Waals surface area contributed by atoms with E-state index in [0.29, 0.717) is 24.5 Å². The number of rotatable bonds is 5.